The van der Waals surface area contributed by atoms with Crippen LogP contribution in [0.2, 0.25) is 0 Å². The molecule has 1 saturated carbocycles. The summed E-state index contributed by atoms with van der Waals surface area (Å²) >= 11 is 0. The number of carbonyl (C=O) groups excluding carboxylic acids is 2. The lowest BCUT2D eigenvalue weighted by Gasteiger charge is -2.35. The number of rotatable bonds is 12. The third kappa shape index (κ3) is 9.09. The Labute approximate surface area is 290 Å². The van der Waals surface area contributed by atoms with Crippen LogP contribution in [0.15, 0.2) is 108 Å². The first-order valence-corrected chi connectivity index (χ1v) is 17.9. The lowest BCUT2D eigenvalue weighted by atomic mass is 9.94. The van der Waals surface area contributed by atoms with E-state index in [2.05, 4.69) is 5.32 Å². The number of halogens is 4. The van der Waals surface area contributed by atoms with Crippen molar-refractivity contribution in [2.24, 2.45) is 0 Å². The molecule has 0 aliphatic heterocycles. The van der Waals surface area contributed by atoms with Crippen molar-refractivity contribution in [2.75, 3.05) is 10.8 Å². The van der Waals surface area contributed by atoms with Gasteiger partial charge in [-0.15, -0.1) is 0 Å². The highest BCUT2D eigenvalue weighted by molar-refractivity contribution is 7.92. The minimum absolute atomic E-state index is 0.0217. The summed E-state index contributed by atoms with van der Waals surface area (Å²) in [5.41, 5.74) is 0.0184. The average Bonchev–Trinajstić information content (AvgIpc) is 3.10. The quantitative estimate of drug-likeness (QED) is 0.155. The number of benzene rings is 4. The van der Waals surface area contributed by atoms with Crippen LogP contribution in [0.5, 0.6) is 0 Å². The van der Waals surface area contributed by atoms with E-state index in [1.165, 1.54) is 48.5 Å². The Bertz CT molecular complexity index is 1880. The number of sulfonamides is 1. The standard InChI is InChI=1S/C38H39F4N3O4S/c1-27-19-21-33(22-20-27)50(48,49)45(32-17-10-14-30(24-32)38(40,41)42)26-36(46)44(25-29-13-8-9-18-34(29)39)35(23-28-11-4-2-5-12-28)37(47)43-31-15-6-3-7-16-31/h2,4-5,8-14,17-22,24,31,35H,3,6-7,15-16,23,25-26H2,1H3,(H,43,47)/t35-/m1/s1. The van der Waals surface area contributed by atoms with Crippen molar-refractivity contribution >= 4 is 27.5 Å². The first-order valence-electron chi connectivity index (χ1n) is 16.5. The smallest absolute Gasteiger partial charge is 0.352 e. The summed E-state index contributed by atoms with van der Waals surface area (Å²) in [5.74, 6) is -2.03. The number of amides is 2. The number of hydrogen-bond acceptors (Lipinski definition) is 4. The Morgan fingerprint density at radius 1 is 0.860 bits per heavy atom. The van der Waals surface area contributed by atoms with E-state index in [-0.39, 0.29) is 22.9 Å². The zero-order valence-electron chi connectivity index (χ0n) is 27.6. The SMILES string of the molecule is Cc1ccc(S(=O)(=O)N(CC(=O)N(Cc2ccccc2F)[C@H](Cc2ccccc2)C(=O)NC2CCCCC2)c2cccc(C(F)(F)F)c2)cc1. The molecule has 7 nitrogen and oxygen atoms in total. The van der Waals surface area contributed by atoms with Crippen molar-refractivity contribution in [3.05, 3.63) is 131 Å². The van der Waals surface area contributed by atoms with E-state index in [4.69, 9.17) is 0 Å². The molecule has 1 atom stereocenters. The third-order valence-corrected chi connectivity index (χ3v) is 10.7. The molecule has 1 fully saturated rings. The highest BCUT2D eigenvalue weighted by Crippen LogP contribution is 2.33. The number of alkyl halides is 3. The molecule has 2 amide bonds. The molecule has 4 aromatic carbocycles. The fraction of sp³-hybridized carbons (Fsp3) is 0.316. The van der Waals surface area contributed by atoms with Gasteiger partial charge >= 0.3 is 6.18 Å². The van der Waals surface area contributed by atoms with Gasteiger partial charge in [0.2, 0.25) is 11.8 Å². The molecule has 1 aliphatic rings. The summed E-state index contributed by atoms with van der Waals surface area (Å²) < 4.78 is 85.6. The number of aryl methyl sites for hydroxylation is 1. The average molecular weight is 710 g/mol. The van der Waals surface area contributed by atoms with Crippen LogP contribution < -0.4 is 9.62 Å². The second-order valence-electron chi connectivity index (χ2n) is 12.5. The largest absolute Gasteiger partial charge is 0.416 e. The molecule has 0 spiro atoms. The molecular formula is C38H39F4N3O4S. The zero-order valence-corrected chi connectivity index (χ0v) is 28.4. The number of hydrogen-bond donors (Lipinski definition) is 1. The number of nitrogens with one attached hydrogen (secondary N) is 1. The highest BCUT2D eigenvalue weighted by atomic mass is 32.2. The molecule has 1 N–H and O–H groups in total. The van der Waals surface area contributed by atoms with E-state index in [9.17, 15) is 31.2 Å². The Balaban J connectivity index is 1.60. The van der Waals surface area contributed by atoms with Crippen LogP contribution >= 0.6 is 0 Å². The van der Waals surface area contributed by atoms with Crippen LogP contribution in [0.1, 0.15) is 54.4 Å². The maximum absolute atomic E-state index is 15.2. The van der Waals surface area contributed by atoms with Crippen molar-refractivity contribution in [2.45, 2.75) is 75.1 Å². The molecule has 4 aromatic rings. The maximum Gasteiger partial charge on any atom is 0.416 e. The van der Waals surface area contributed by atoms with Gasteiger partial charge in [-0.25, -0.2) is 12.8 Å². The number of nitrogens with zero attached hydrogens (tertiary/aromatic N) is 2. The van der Waals surface area contributed by atoms with Gasteiger partial charge in [-0.05, 0) is 61.7 Å². The van der Waals surface area contributed by atoms with E-state index < -0.39 is 64.2 Å². The van der Waals surface area contributed by atoms with Gasteiger partial charge in [-0.2, -0.15) is 13.2 Å². The summed E-state index contributed by atoms with van der Waals surface area (Å²) in [6.07, 6.45) is -0.378. The Morgan fingerprint density at radius 3 is 2.18 bits per heavy atom. The monoisotopic (exact) mass is 709 g/mol. The minimum Gasteiger partial charge on any atom is -0.352 e. The number of carbonyl (C=O) groups is 2. The fourth-order valence-corrected chi connectivity index (χ4v) is 7.52. The van der Waals surface area contributed by atoms with Gasteiger partial charge in [0.15, 0.2) is 0 Å². The molecule has 12 heteroatoms. The Kier molecular flexibility index (Phi) is 11.6. The predicted molar refractivity (Wildman–Crippen MR) is 183 cm³/mol. The molecule has 0 unspecified atom stereocenters. The molecule has 0 heterocycles. The molecule has 5 rings (SSSR count). The minimum atomic E-state index is -4.80. The topological polar surface area (TPSA) is 86.8 Å². The van der Waals surface area contributed by atoms with Gasteiger partial charge in [0.25, 0.3) is 10.0 Å². The van der Waals surface area contributed by atoms with Gasteiger partial charge in [-0.3, -0.25) is 13.9 Å². The maximum atomic E-state index is 15.2. The van der Waals surface area contributed by atoms with Crippen LogP contribution in [0.25, 0.3) is 0 Å². The molecule has 0 radical (unpaired) electrons. The Morgan fingerprint density at radius 2 is 1.52 bits per heavy atom. The molecule has 0 bridgehead atoms. The third-order valence-electron chi connectivity index (χ3n) is 8.87. The normalized spacial score (nSPS) is 14.5. The van der Waals surface area contributed by atoms with Crippen molar-refractivity contribution in [1.82, 2.24) is 10.2 Å². The molecule has 0 aromatic heterocycles. The van der Waals surface area contributed by atoms with Crippen LogP contribution in [0, 0.1) is 12.7 Å². The van der Waals surface area contributed by atoms with Gasteiger partial charge in [-0.1, -0.05) is 91.6 Å². The van der Waals surface area contributed by atoms with E-state index in [1.54, 1.807) is 43.3 Å². The van der Waals surface area contributed by atoms with Gasteiger partial charge in [0.05, 0.1) is 16.1 Å². The van der Waals surface area contributed by atoms with Crippen molar-refractivity contribution in [3.8, 4) is 0 Å². The van der Waals surface area contributed by atoms with Gasteiger partial charge in [0, 0.05) is 24.6 Å². The second-order valence-corrected chi connectivity index (χ2v) is 14.4. The summed E-state index contributed by atoms with van der Waals surface area (Å²) in [4.78, 5) is 29.6. The van der Waals surface area contributed by atoms with Crippen LogP contribution in [0.3, 0.4) is 0 Å². The zero-order chi connectivity index (χ0) is 35.9. The van der Waals surface area contributed by atoms with Crippen molar-refractivity contribution in [3.63, 3.8) is 0 Å². The van der Waals surface area contributed by atoms with Crippen molar-refractivity contribution < 1.29 is 35.6 Å². The molecule has 0 saturated heterocycles. The van der Waals surface area contributed by atoms with E-state index >= 15 is 4.39 Å². The molecule has 1 aliphatic carbocycles. The van der Waals surface area contributed by atoms with Crippen LogP contribution in [-0.2, 0) is 38.8 Å². The summed E-state index contributed by atoms with van der Waals surface area (Å²) in [6, 6.07) is 22.7. The van der Waals surface area contributed by atoms with E-state index in [0.29, 0.717) is 15.9 Å². The first-order chi connectivity index (χ1) is 23.8. The molecular weight excluding hydrogens is 670 g/mol. The van der Waals surface area contributed by atoms with Gasteiger partial charge < -0.3 is 10.2 Å². The summed E-state index contributed by atoms with van der Waals surface area (Å²) in [5, 5.41) is 3.06. The second kappa shape index (κ2) is 15.9. The summed E-state index contributed by atoms with van der Waals surface area (Å²) in [6.45, 7) is 0.381. The number of anilines is 1. The Hall–Kier alpha value is -4.71. The predicted octanol–water partition coefficient (Wildman–Crippen LogP) is 7.44. The van der Waals surface area contributed by atoms with Gasteiger partial charge in [0.1, 0.15) is 18.4 Å². The fourth-order valence-electron chi connectivity index (χ4n) is 6.11. The summed E-state index contributed by atoms with van der Waals surface area (Å²) in [7, 11) is -4.63. The highest BCUT2D eigenvalue weighted by Gasteiger charge is 2.37. The molecule has 264 valence electrons. The van der Waals surface area contributed by atoms with Crippen molar-refractivity contribution in [1.29, 1.82) is 0 Å². The first kappa shape index (κ1) is 36.6. The lowest BCUT2D eigenvalue weighted by molar-refractivity contribution is -0.140. The van der Waals surface area contributed by atoms with E-state index in [0.717, 1.165) is 54.7 Å². The lowest BCUT2D eigenvalue weighted by Crippen LogP contribution is -2.55. The molecule has 50 heavy (non-hydrogen) atoms. The van der Waals surface area contributed by atoms with E-state index in [1.807, 2.05) is 0 Å². The van der Waals surface area contributed by atoms with Crippen LogP contribution in [0.4, 0.5) is 23.2 Å². The van der Waals surface area contributed by atoms with Crippen LogP contribution in [-0.4, -0.2) is 43.8 Å².